The second-order valence-corrected chi connectivity index (χ2v) is 6.53. The van der Waals surface area contributed by atoms with E-state index in [4.69, 9.17) is 4.98 Å². The number of benzene rings is 1. The van der Waals surface area contributed by atoms with Gasteiger partial charge in [0.25, 0.3) is 0 Å². The Morgan fingerprint density at radius 2 is 2.10 bits per heavy atom. The molecule has 1 N–H and O–H groups in total. The minimum atomic E-state index is -0.884. The van der Waals surface area contributed by atoms with Crippen molar-refractivity contribution >= 4 is 17.0 Å². The first kappa shape index (κ1) is 14.1. The number of carboxylic acid groups (broad SMARTS) is 1. The average Bonchev–Trinajstić information content (AvgIpc) is 3.14. The maximum absolute atomic E-state index is 11.2. The molecule has 1 aromatic heterocycles. The lowest BCUT2D eigenvalue weighted by molar-refractivity contribution is 0.0697. The summed E-state index contributed by atoms with van der Waals surface area (Å²) < 4.78 is 2.25. The number of hydrogen-bond acceptors (Lipinski definition) is 2. The average molecular weight is 286 g/mol. The first-order valence-corrected chi connectivity index (χ1v) is 7.72. The first-order valence-electron chi connectivity index (χ1n) is 7.72. The molecule has 21 heavy (non-hydrogen) atoms. The molecule has 1 atom stereocenters. The van der Waals surface area contributed by atoms with Crippen LogP contribution in [0.2, 0.25) is 0 Å². The van der Waals surface area contributed by atoms with Crippen LogP contribution in [0.25, 0.3) is 11.0 Å². The molecule has 1 heterocycles. The fourth-order valence-corrected chi connectivity index (χ4v) is 3.06. The number of nitrogens with zero attached hydrogens (tertiary/aromatic N) is 2. The summed E-state index contributed by atoms with van der Waals surface area (Å²) in [5, 5.41) is 9.22. The summed E-state index contributed by atoms with van der Waals surface area (Å²) in [6, 6.07) is 5.59. The Labute approximate surface area is 124 Å². The number of rotatable bonds is 5. The van der Waals surface area contributed by atoms with Crippen LogP contribution in [0.4, 0.5) is 0 Å². The Morgan fingerprint density at radius 3 is 2.67 bits per heavy atom. The lowest BCUT2D eigenvalue weighted by Gasteiger charge is -2.19. The summed E-state index contributed by atoms with van der Waals surface area (Å²) in [4.78, 5) is 16.0. The van der Waals surface area contributed by atoms with Crippen molar-refractivity contribution in [3.8, 4) is 0 Å². The van der Waals surface area contributed by atoms with Gasteiger partial charge in [-0.3, -0.25) is 0 Å². The minimum Gasteiger partial charge on any atom is -0.478 e. The van der Waals surface area contributed by atoms with Gasteiger partial charge in [-0.05, 0) is 37.5 Å². The molecule has 0 bridgehead atoms. The van der Waals surface area contributed by atoms with E-state index in [-0.39, 0.29) is 0 Å². The molecule has 4 heteroatoms. The van der Waals surface area contributed by atoms with E-state index >= 15 is 0 Å². The van der Waals surface area contributed by atoms with Crippen molar-refractivity contribution in [1.82, 2.24) is 9.55 Å². The third kappa shape index (κ3) is 2.67. The van der Waals surface area contributed by atoms with Crippen molar-refractivity contribution in [3.05, 3.63) is 29.6 Å². The van der Waals surface area contributed by atoms with E-state index in [0.717, 1.165) is 29.2 Å². The van der Waals surface area contributed by atoms with E-state index in [0.29, 0.717) is 17.5 Å². The Kier molecular flexibility index (Phi) is 3.47. The van der Waals surface area contributed by atoms with Crippen LogP contribution in [-0.4, -0.2) is 20.6 Å². The Hall–Kier alpha value is -1.84. The Bertz CT molecular complexity index is 683. The molecule has 1 saturated carbocycles. The van der Waals surface area contributed by atoms with Crippen LogP contribution in [0.1, 0.15) is 68.2 Å². The first-order chi connectivity index (χ1) is 9.97. The largest absolute Gasteiger partial charge is 0.478 e. The SMILES string of the molecule is CC(C)c1nc2ccc(C(=O)O)cc2n1C(C)CC1CC1. The molecule has 0 saturated heterocycles. The highest BCUT2D eigenvalue weighted by Crippen LogP contribution is 2.38. The van der Waals surface area contributed by atoms with Gasteiger partial charge < -0.3 is 9.67 Å². The normalized spacial score (nSPS) is 16.6. The van der Waals surface area contributed by atoms with E-state index in [9.17, 15) is 9.90 Å². The predicted molar refractivity (Wildman–Crippen MR) is 82.8 cm³/mol. The van der Waals surface area contributed by atoms with Gasteiger partial charge in [-0.15, -0.1) is 0 Å². The molecule has 1 unspecified atom stereocenters. The van der Waals surface area contributed by atoms with Crippen LogP contribution >= 0.6 is 0 Å². The van der Waals surface area contributed by atoms with Crippen LogP contribution in [0.5, 0.6) is 0 Å². The van der Waals surface area contributed by atoms with Gasteiger partial charge in [-0.2, -0.15) is 0 Å². The van der Waals surface area contributed by atoms with Gasteiger partial charge in [0.2, 0.25) is 0 Å². The number of aromatic nitrogens is 2. The second kappa shape index (κ2) is 5.17. The number of carboxylic acids is 1. The number of hydrogen-bond donors (Lipinski definition) is 1. The van der Waals surface area contributed by atoms with Crippen molar-refractivity contribution in [1.29, 1.82) is 0 Å². The van der Waals surface area contributed by atoms with E-state index in [1.54, 1.807) is 12.1 Å². The lowest BCUT2D eigenvalue weighted by atomic mass is 10.1. The van der Waals surface area contributed by atoms with Crippen LogP contribution in [0.3, 0.4) is 0 Å². The summed E-state index contributed by atoms with van der Waals surface area (Å²) in [6.45, 7) is 6.50. The molecule has 2 aromatic rings. The highest BCUT2D eigenvalue weighted by Gasteiger charge is 2.27. The van der Waals surface area contributed by atoms with E-state index in [1.807, 2.05) is 6.07 Å². The van der Waals surface area contributed by atoms with E-state index in [1.165, 1.54) is 12.8 Å². The van der Waals surface area contributed by atoms with Gasteiger partial charge in [-0.1, -0.05) is 26.7 Å². The van der Waals surface area contributed by atoms with Crippen molar-refractivity contribution in [3.63, 3.8) is 0 Å². The van der Waals surface area contributed by atoms with Gasteiger partial charge in [0.15, 0.2) is 0 Å². The van der Waals surface area contributed by atoms with Crippen LogP contribution in [-0.2, 0) is 0 Å². The summed E-state index contributed by atoms with van der Waals surface area (Å²) in [6.07, 6.45) is 3.81. The minimum absolute atomic E-state index is 0.326. The standard InChI is InChI=1S/C17H22N2O2/c1-10(2)16-18-14-7-6-13(17(20)21)9-15(14)19(16)11(3)8-12-4-5-12/h6-7,9-12H,4-5,8H2,1-3H3,(H,20,21). The zero-order valence-electron chi connectivity index (χ0n) is 12.8. The smallest absolute Gasteiger partial charge is 0.335 e. The molecule has 112 valence electrons. The molecule has 0 aliphatic heterocycles. The zero-order valence-corrected chi connectivity index (χ0v) is 12.8. The second-order valence-electron chi connectivity index (χ2n) is 6.53. The van der Waals surface area contributed by atoms with Crippen LogP contribution < -0.4 is 0 Å². The molecule has 1 aromatic carbocycles. The number of imidazole rings is 1. The topological polar surface area (TPSA) is 55.1 Å². The van der Waals surface area contributed by atoms with E-state index < -0.39 is 5.97 Å². The lowest BCUT2D eigenvalue weighted by Crippen LogP contribution is -2.11. The molecular weight excluding hydrogens is 264 g/mol. The predicted octanol–water partition coefficient (Wildman–Crippen LogP) is 4.22. The van der Waals surface area contributed by atoms with E-state index in [2.05, 4.69) is 25.3 Å². The van der Waals surface area contributed by atoms with Crippen molar-refractivity contribution in [2.75, 3.05) is 0 Å². The van der Waals surface area contributed by atoms with Crippen LogP contribution in [0.15, 0.2) is 18.2 Å². The molecule has 1 aliphatic rings. The van der Waals surface area contributed by atoms with Gasteiger partial charge in [0, 0.05) is 12.0 Å². The van der Waals surface area contributed by atoms with Gasteiger partial charge in [-0.25, -0.2) is 9.78 Å². The highest BCUT2D eigenvalue weighted by atomic mass is 16.4. The van der Waals surface area contributed by atoms with Gasteiger partial charge in [0.1, 0.15) is 5.82 Å². The molecule has 0 spiro atoms. The monoisotopic (exact) mass is 286 g/mol. The third-order valence-electron chi connectivity index (χ3n) is 4.29. The van der Waals surface area contributed by atoms with Gasteiger partial charge in [0.05, 0.1) is 16.6 Å². The Balaban J connectivity index is 2.13. The highest BCUT2D eigenvalue weighted by molar-refractivity contribution is 5.92. The van der Waals surface area contributed by atoms with Crippen molar-refractivity contribution < 1.29 is 9.90 Å². The van der Waals surface area contributed by atoms with Crippen molar-refractivity contribution in [2.24, 2.45) is 5.92 Å². The summed E-state index contributed by atoms with van der Waals surface area (Å²) in [7, 11) is 0. The fourth-order valence-electron chi connectivity index (χ4n) is 3.06. The zero-order chi connectivity index (χ0) is 15.1. The third-order valence-corrected chi connectivity index (χ3v) is 4.29. The maximum Gasteiger partial charge on any atom is 0.335 e. The molecule has 1 fully saturated rings. The Morgan fingerprint density at radius 1 is 1.38 bits per heavy atom. The molecule has 3 rings (SSSR count). The molecule has 0 radical (unpaired) electrons. The van der Waals surface area contributed by atoms with Crippen LogP contribution in [0, 0.1) is 5.92 Å². The molecular formula is C17H22N2O2. The fraction of sp³-hybridized carbons (Fsp3) is 0.529. The summed E-state index contributed by atoms with van der Waals surface area (Å²) >= 11 is 0. The van der Waals surface area contributed by atoms with Crippen molar-refractivity contribution in [2.45, 2.75) is 52.0 Å². The van der Waals surface area contributed by atoms with Gasteiger partial charge >= 0.3 is 5.97 Å². The summed E-state index contributed by atoms with van der Waals surface area (Å²) in [5.74, 6) is 1.33. The molecule has 4 nitrogen and oxygen atoms in total. The molecule has 0 amide bonds. The number of fused-ring (bicyclic) bond motifs is 1. The molecule has 1 aliphatic carbocycles. The number of aromatic carboxylic acids is 1. The quantitative estimate of drug-likeness (QED) is 0.895. The summed E-state index contributed by atoms with van der Waals surface area (Å²) in [5.41, 5.74) is 2.18. The maximum atomic E-state index is 11.2. The number of carbonyl (C=O) groups is 1.